The summed E-state index contributed by atoms with van der Waals surface area (Å²) in [5.41, 5.74) is -0.388. The second kappa shape index (κ2) is 9.09. The van der Waals surface area contributed by atoms with E-state index in [0.717, 1.165) is 6.42 Å². The number of aliphatic hydroxyl groups excluding tert-OH is 3. The van der Waals surface area contributed by atoms with Gasteiger partial charge < -0.3 is 26.0 Å². The highest BCUT2D eigenvalue weighted by atomic mass is 16.3. The van der Waals surface area contributed by atoms with E-state index in [9.17, 15) is 29.7 Å². The second-order valence-corrected chi connectivity index (χ2v) is 12.3. The topological polar surface area (TPSA) is 136 Å². The highest BCUT2D eigenvalue weighted by molar-refractivity contribution is 6.27. The minimum absolute atomic E-state index is 0.0958. The van der Waals surface area contributed by atoms with Crippen molar-refractivity contribution in [1.29, 1.82) is 0 Å². The van der Waals surface area contributed by atoms with E-state index in [1.807, 2.05) is 18.2 Å². The predicted molar refractivity (Wildman–Crippen MR) is 135 cm³/mol. The summed E-state index contributed by atoms with van der Waals surface area (Å²) in [6, 6.07) is -1.14. The van der Waals surface area contributed by atoms with Crippen molar-refractivity contribution in [2.45, 2.75) is 57.8 Å². The van der Waals surface area contributed by atoms with Crippen LogP contribution in [0.3, 0.4) is 0 Å². The van der Waals surface area contributed by atoms with Crippen molar-refractivity contribution in [2.75, 3.05) is 6.54 Å². The molecule has 4 fully saturated rings. The highest BCUT2D eigenvalue weighted by Crippen LogP contribution is 2.64. The summed E-state index contributed by atoms with van der Waals surface area (Å²) in [5.74, 6) is -0.963. The Morgan fingerprint density at radius 1 is 0.973 bits per heavy atom. The minimum atomic E-state index is -1.17. The minimum Gasteiger partial charge on any atom is -0.511 e. The van der Waals surface area contributed by atoms with Gasteiger partial charge in [0.05, 0.1) is 24.0 Å². The summed E-state index contributed by atoms with van der Waals surface area (Å²) in [5, 5.41) is 38.6. The summed E-state index contributed by atoms with van der Waals surface area (Å²) < 4.78 is 0. The molecule has 3 saturated carbocycles. The number of allylic oxidation sites excluding steroid dienone is 2. The maximum atomic E-state index is 13.3. The van der Waals surface area contributed by atoms with E-state index in [2.05, 4.69) is 24.5 Å². The van der Waals surface area contributed by atoms with Crippen molar-refractivity contribution >= 4 is 17.6 Å². The van der Waals surface area contributed by atoms with Gasteiger partial charge >= 0.3 is 0 Å². The number of Topliss-reactive ketones (excluding diaryl/α,β-unsaturated/α-hetero) is 1. The van der Waals surface area contributed by atoms with Crippen molar-refractivity contribution in [3.63, 3.8) is 0 Å². The SMILES string of the molecule is CC[C@H]1C[C@@H]2C[C@H]3[C@H]4C=C[C@H]5C(=O)NCC[C@H](O)[C@@H]6NC(=O)/C(=C(\O)[C@H]5C=C[C@H]4[C@H](O)[C@@H]3[C@@H]2[C@H]1C)C6=O. The van der Waals surface area contributed by atoms with Gasteiger partial charge in [0, 0.05) is 12.5 Å². The zero-order valence-corrected chi connectivity index (χ0v) is 21.4. The largest absolute Gasteiger partial charge is 0.511 e. The lowest BCUT2D eigenvalue weighted by Gasteiger charge is -2.29. The fraction of sp³-hybridized carbons (Fsp3) is 0.690. The molecule has 13 atom stereocenters. The van der Waals surface area contributed by atoms with E-state index >= 15 is 0 Å². The Labute approximate surface area is 217 Å². The van der Waals surface area contributed by atoms with Crippen LogP contribution in [0.2, 0.25) is 0 Å². The summed E-state index contributed by atoms with van der Waals surface area (Å²) >= 11 is 0. The number of carbonyl (C=O) groups excluding carboxylic acids is 3. The second-order valence-electron chi connectivity index (χ2n) is 12.3. The molecule has 6 aliphatic rings. The lowest BCUT2D eigenvalue weighted by atomic mass is 9.78. The first-order valence-electron chi connectivity index (χ1n) is 14.0. The lowest BCUT2D eigenvalue weighted by Crippen LogP contribution is -2.43. The number of hydrogen-bond donors (Lipinski definition) is 5. The summed E-state index contributed by atoms with van der Waals surface area (Å²) in [7, 11) is 0. The quantitative estimate of drug-likeness (QED) is 0.269. The van der Waals surface area contributed by atoms with Gasteiger partial charge in [-0.3, -0.25) is 14.4 Å². The number of hydrogen-bond acceptors (Lipinski definition) is 6. The third-order valence-corrected chi connectivity index (χ3v) is 10.8. The highest BCUT2D eigenvalue weighted by Gasteiger charge is 2.61. The van der Waals surface area contributed by atoms with Crippen LogP contribution in [0.1, 0.15) is 39.5 Å². The van der Waals surface area contributed by atoms with E-state index < -0.39 is 47.5 Å². The van der Waals surface area contributed by atoms with Crippen molar-refractivity contribution in [1.82, 2.24) is 10.6 Å². The molecule has 8 heteroatoms. The van der Waals surface area contributed by atoms with Gasteiger partial charge in [-0.25, -0.2) is 0 Å². The average Bonchev–Trinajstić information content (AvgIpc) is 3.52. The summed E-state index contributed by atoms with van der Waals surface area (Å²) in [6.45, 7) is 4.75. The molecular weight excluding hydrogens is 472 g/mol. The predicted octanol–water partition coefficient (Wildman–Crippen LogP) is 1.65. The average molecular weight is 511 g/mol. The van der Waals surface area contributed by atoms with Gasteiger partial charge in [0.15, 0.2) is 5.78 Å². The van der Waals surface area contributed by atoms with Crippen LogP contribution < -0.4 is 10.6 Å². The molecule has 2 amide bonds. The normalized spacial score (nSPS) is 50.8. The third kappa shape index (κ3) is 3.66. The number of carbonyl (C=O) groups is 3. The van der Waals surface area contributed by atoms with Crippen molar-refractivity contribution in [3.05, 3.63) is 35.6 Å². The van der Waals surface area contributed by atoms with Gasteiger partial charge in [-0.1, -0.05) is 44.6 Å². The molecule has 2 bridgehead atoms. The standard InChI is InChI=1S/C29H38N2O6/c1-3-13-10-14-11-19-15-4-7-18-17(6-5-16(15)25(33)22(19)21(14)12(13)2)26(34)23-27(35)24(31-29(23)37)20(32)8-9-30-28(18)36/h4-7,12-22,24-25,32-34H,3,8-11H2,1-2H3,(H,30,36)(H,31,37)/b6-5?,7-4?,26-23-/t12-,13-,14+,15-,16+,17-,18+,19-,20-,21+,22-,24-,25-/m0/s1. The maximum Gasteiger partial charge on any atom is 0.259 e. The van der Waals surface area contributed by atoms with Gasteiger partial charge in [-0.2, -0.15) is 0 Å². The molecule has 0 aromatic heterocycles. The Morgan fingerprint density at radius 2 is 1.70 bits per heavy atom. The van der Waals surface area contributed by atoms with Crippen molar-refractivity contribution < 1.29 is 29.7 Å². The molecule has 2 heterocycles. The molecule has 0 aromatic carbocycles. The Kier molecular flexibility index (Phi) is 6.10. The molecule has 0 aromatic rings. The van der Waals surface area contributed by atoms with Gasteiger partial charge in [0.1, 0.15) is 17.4 Å². The number of fused-ring (bicyclic) bond motifs is 8. The molecule has 1 saturated heterocycles. The Morgan fingerprint density at radius 3 is 2.46 bits per heavy atom. The fourth-order valence-electron chi connectivity index (χ4n) is 9.03. The molecule has 37 heavy (non-hydrogen) atoms. The number of ketones is 1. The van der Waals surface area contributed by atoms with Crippen LogP contribution in [0, 0.1) is 59.2 Å². The van der Waals surface area contributed by atoms with E-state index in [-0.39, 0.29) is 42.2 Å². The third-order valence-electron chi connectivity index (χ3n) is 10.8. The van der Waals surface area contributed by atoms with Crippen LogP contribution in [-0.2, 0) is 14.4 Å². The fourth-order valence-corrected chi connectivity index (χ4v) is 9.03. The first-order valence-corrected chi connectivity index (χ1v) is 14.0. The molecule has 4 aliphatic carbocycles. The van der Waals surface area contributed by atoms with Gasteiger partial charge in [-0.15, -0.1) is 0 Å². The molecule has 0 spiro atoms. The van der Waals surface area contributed by atoms with E-state index in [1.54, 1.807) is 6.08 Å². The van der Waals surface area contributed by atoms with Crippen LogP contribution in [0.4, 0.5) is 0 Å². The first kappa shape index (κ1) is 24.9. The number of aliphatic hydroxyl groups is 3. The zero-order valence-electron chi connectivity index (χ0n) is 21.4. The molecule has 200 valence electrons. The summed E-state index contributed by atoms with van der Waals surface area (Å²) in [6.07, 6.45) is 9.41. The Hall–Kier alpha value is -2.45. The van der Waals surface area contributed by atoms with E-state index in [1.165, 1.54) is 12.8 Å². The van der Waals surface area contributed by atoms with Crippen LogP contribution in [0.5, 0.6) is 0 Å². The van der Waals surface area contributed by atoms with Gasteiger partial charge in [-0.05, 0) is 60.7 Å². The molecule has 0 radical (unpaired) electrons. The molecular formula is C29H38N2O6. The Balaban J connectivity index is 1.37. The maximum absolute atomic E-state index is 13.3. The van der Waals surface area contributed by atoms with Crippen molar-refractivity contribution in [2.24, 2.45) is 59.2 Å². The Bertz CT molecular complexity index is 1100. The van der Waals surface area contributed by atoms with Crippen LogP contribution in [0.15, 0.2) is 35.6 Å². The van der Waals surface area contributed by atoms with Crippen LogP contribution in [0.25, 0.3) is 0 Å². The zero-order chi connectivity index (χ0) is 26.2. The van der Waals surface area contributed by atoms with Gasteiger partial charge in [0.25, 0.3) is 5.91 Å². The van der Waals surface area contributed by atoms with Crippen LogP contribution in [-0.4, -0.2) is 57.7 Å². The van der Waals surface area contributed by atoms with Crippen molar-refractivity contribution in [3.8, 4) is 0 Å². The molecule has 8 nitrogen and oxygen atoms in total. The monoisotopic (exact) mass is 510 g/mol. The van der Waals surface area contributed by atoms with Crippen LogP contribution >= 0.6 is 0 Å². The molecule has 6 rings (SSSR count). The number of rotatable bonds is 1. The lowest BCUT2D eigenvalue weighted by molar-refractivity contribution is -0.125. The molecule has 5 N–H and O–H groups in total. The number of nitrogens with one attached hydrogen (secondary N) is 2. The van der Waals surface area contributed by atoms with Gasteiger partial charge in [0.2, 0.25) is 5.91 Å². The first-order chi connectivity index (χ1) is 17.7. The smallest absolute Gasteiger partial charge is 0.259 e. The number of amides is 2. The molecule has 0 unspecified atom stereocenters. The van der Waals surface area contributed by atoms with E-state index in [0.29, 0.717) is 29.6 Å². The molecule has 2 aliphatic heterocycles. The van der Waals surface area contributed by atoms with E-state index in [4.69, 9.17) is 0 Å². The summed E-state index contributed by atoms with van der Waals surface area (Å²) in [4.78, 5) is 38.9.